The monoisotopic (exact) mass is 358 g/mol. The Balaban J connectivity index is 2.06. The van der Waals surface area contributed by atoms with Gasteiger partial charge in [0.1, 0.15) is 17.6 Å². The quantitative estimate of drug-likeness (QED) is 0.794. The molecular formula is C20H23FN2O3. The predicted octanol–water partition coefficient (Wildman–Crippen LogP) is 3.62. The van der Waals surface area contributed by atoms with E-state index in [1.54, 1.807) is 30.3 Å². The summed E-state index contributed by atoms with van der Waals surface area (Å²) < 4.78 is 18.6. The molecule has 26 heavy (non-hydrogen) atoms. The fourth-order valence-corrected chi connectivity index (χ4v) is 2.41. The predicted molar refractivity (Wildman–Crippen MR) is 98.7 cm³/mol. The number of halogens is 1. The van der Waals surface area contributed by atoms with Gasteiger partial charge in [0.05, 0.1) is 6.61 Å². The maximum atomic E-state index is 13.3. The molecule has 0 saturated carbocycles. The number of hydrogen-bond donors (Lipinski definition) is 2. The zero-order valence-electron chi connectivity index (χ0n) is 15.1. The van der Waals surface area contributed by atoms with Crippen LogP contribution in [0.1, 0.15) is 31.1 Å². The van der Waals surface area contributed by atoms with Gasteiger partial charge in [-0.25, -0.2) is 4.39 Å². The van der Waals surface area contributed by atoms with E-state index >= 15 is 0 Å². The first-order valence-corrected chi connectivity index (χ1v) is 8.51. The number of rotatable bonds is 7. The molecule has 2 aromatic rings. The Morgan fingerprint density at radius 2 is 1.81 bits per heavy atom. The van der Waals surface area contributed by atoms with Gasteiger partial charge in [-0.05, 0) is 55.3 Å². The minimum absolute atomic E-state index is 0.143. The summed E-state index contributed by atoms with van der Waals surface area (Å²) in [5.74, 6) is -0.670. The lowest BCUT2D eigenvalue weighted by molar-refractivity contribution is -0.118. The summed E-state index contributed by atoms with van der Waals surface area (Å²) in [4.78, 5) is 25.0. The second kappa shape index (κ2) is 8.99. The lowest BCUT2D eigenvalue weighted by Gasteiger charge is -2.22. The highest BCUT2D eigenvalue weighted by atomic mass is 19.1. The Morgan fingerprint density at radius 1 is 1.12 bits per heavy atom. The van der Waals surface area contributed by atoms with E-state index in [4.69, 9.17) is 4.74 Å². The van der Waals surface area contributed by atoms with Crippen molar-refractivity contribution in [1.29, 1.82) is 0 Å². The second-order valence-electron chi connectivity index (χ2n) is 6.15. The smallest absolute Gasteiger partial charge is 0.251 e. The summed E-state index contributed by atoms with van der Waals surface area (Å²) in [7, 11) is 0. The highest BCUT2D eigenvalue weighted by molar-refractivity contribution is 6.01. The number of amides is 2. The molecule has 2 rings (SSSR count). The van der Waals surface area contributed by atoms with Gasteiger partial charge in [-0.15, -0.1) is 0 Å². The van der Waals surface area contributed by atoms with Crippen LogP contribution in [0.2, 0.25) is 0 Å². The Bertz CT molecular complexity index is 760. The standard InChI is InChI=1S/C20H23FN2O3/c1-4-26-17-10-8-14(9-11-17)19(24)23-18(13(2)3)20(25)22-16-7-5-6-15(21)12-16/h5-13,18H,4H2,1-3H3,(H,22,25)(H,23,24)/t18-/m1/s1. The molecule has 0 bridgehead atoms. The molecule has 0 radical (unpaired) electrons. The number of anilines is 1. The number of benzene rings is 2. The molecule has 0 heterocycles. The zero-order valence-corrected chi connectivity index (χ0v) is 15.1. The molecule has 0 aliphatic rings. The number of nitrogens with one attached hydrogen (secondary N) is 2. The lowest BCUT2D eigenvalue weighted by Crippen LogP contribution is -2.47. The highest BCUT2D eigenvalue weighted by Gasteiger charge is 2.25. The molecule has 0 spiro atoms. The largest absolute Gasteiger partial charge is 0.494 e. The summed E-state index contributed by atoms with van der Waals surface area (Å²) in [6.07, 6.45) is 0. The molecule has 0 aliphatic carbocycles. The molecule has 0 fully saturated rings. The van der Waals surface area contributed by atoms with Crippen LogP contribution in [0.3, 0.4) is 0 Å². The lowest BCUT2D eigenvalue weighted by atomic mass is 10.0. The third-order valence-electron chi connectivity index (χ3n) is 3.76. The van der Waals surface area contributed by atoms with Gasteiger partial charge in [0.2, 0.25) is 5.91 Å². The summed E-state index contributed by atoms with van der Waals surface area (Å²) in [6.45, 7) is 6.08. The zero-order chi connectivity index (χ0) is 19.1. The summed E-state index contributed by atoms with van der Waals surface area (Å²) in [5.41, 5.74) is 0.772. The van der Waals surface area contributed by atoms with Crippen LogP contribution >= 0.6 is 0 Å². The SMILES string of the molecule is CCOc1ccc(C(=O)N[C@@H](C(=O)Nc2cccc(F)c2)C(C)C)cc1. The Morgan fingerprint density at radius 3 is 2.38 bits per heavy atom. The normalized spacial score (nSPS) is 11.7. The van der Waals surface area contributed by atoms with Crippen molar-refractivity contribution in [1.82, 2.24) is 5.32 Å². The van der Waals surface area contributed by atoms with Crippen molar-refractivity contribution in [3.05, 3.63) is 59.9 Å². The maximum Gasteiger partial charge on any atom is 0.251 e. The number of hydrogen-bond acceptors (Lipinski definition) is 3. The summed E-state index contributed by atoms with van der Waals surface area (Å²) >= 11 is 0. The first kappa shape index (κ1) is 19.4. The molecule has 2 amide bonds. The van der Waals surface area contributed by atoms with E-state index in [1.165, 1.54) is 18.2 Å². The molecule has 1 atom stereocenters. The second-order valence-corrected chi connectivity index (χ2v) is 6.15. The van der Waals surface area contributed by atoms with Crippen molar-refractivity contribution < 1.29 is 18.7 Å². The van der Waals surface area contributed by atoms with Crippen LogP contribution in [0, 0.1) is 11.7 Å². The van der Waals surface area contributed by atoms with Gasteiger partial charge in [-0.3, -0.25) is 9.59 Å². The van der Waals surface area contributed by atoms with Gasteiger partial charge < -0.3 is 15.4 Å². The van der Waals surface area contributed by atoms with Gasteiger partial charge in [0.15, 0.2) is 0 Å². The maximum absolute atomic E-state index is 13.3. The summed E-state index contributed by atoms with van der Waals surface area (Å²) in [6, 6.07) is 11.6. The molecule has 2 aromatic carbocycles. The van der Waals surface area contributed by atoms with Gasteiger partial charge in [0, 0.05) is 11.3 Å². The molecule has 5 nitrogen and oxygen atoms in total. The Hall–Kier alpha value is -2.89. The third-order valence-corrected chi connectivity index (χ3v) is 3.76. The van der Waals surface area contributed by atoms with Crippen LogP contribution in [-0.4, -0.2) is 24.5 Å². The van der Waals surface area contributed by atoms with Crippen LogP contribution in [-0.2, 0) is 4.79 Å². The Kier molecular flexibility index (Phi) is 6.72. The molecule has 0 saturated heterocycles. The average molecular weight is 358 g/mol. The van der Waals surface area contributed by atoms with Crippen LogP contribution in [0.5, 0.6) is 5.75 Å². The van der Waals surface area contributed by atoms with Gasteiger partial charge >= 0.3 is 0 Å². The molecule has 138 valence electrons. The van der Waals surface area contributed by atoms with Crippen LogP contribution in [0.25, 0.3) is 0 Å². The van der Waals surface area contributed by atoms with Crippen molar-refractivity contribution in [2.24, 2.45) is 5.92 Å². The van der Waals surface area contributed by atoms with Crippen molar-refractivity contribution in [3.8, 4) is 5.75 Å². The van der Waals surface area contributed by atoms with E-state index in [2.05, 4.69) is 10.6 Å². The highest BCUT2D eigenvalue weighted by Crippen LogP contribution is 2.14. The van der Waals surface area contributed by atoms with Crippen molar-refractivity contribution in [2.75, 3.05) is 11.9 Å². The number of ether oxygens (including phenoxy) is 1. The molecule has 0 aromatic heterocycles. The van der Waals surface area contributed by atoms with Crippen LogP contribution in [0.4, 0.5) is 10.1 Å². The van der Waals surface area contributed by atoms with Crippen molar-refractivity contribution >= 4 is 17.5 Å². The molecular weight excluding hydrogens is 335 g/mol. The van der Waals surface area contributed by atoms with E-state index < -0.39 is 17.8 Å². The van der Waals surface area contributed by atoms with Crippen molar-refractivity contribution in [2.45, 2.75) is 26.8 Å². The first-order chi connectivity index (χ1) is 12.4. The first-order valence-electron chi connectivity index (χ1n) is 8.51. The molecule has 0 aliphatic heterocycles. The van der Waals surface area contributed by atoms with Gasteiger partial charge in [-0.2, -0.15) is 0 Å². The fraction of sp³-hybridized carbons (Fsp3) is 0.300. The molecule has 2 N–H and O–H groups in total. The van der Waals surface area contributed by atoms with E-state index in [-0.39, 0.29) is 11.8 Å². The minimum atomic E-state index is -0.752. The van der Waals surface area contributed by atoms with E-state index in [9.17, 15) is 14.0 Å². The fourth-order valence-electron chi connectivity index (χ4n) is 2.41. The van der Waals surface area contributed by atoms with E-state index in [0.717, 1.165) is 0 Å². The van der Waals surface area contributed by atoms with Crippen LogP contribution in [0.15, 0.2) is 48.5 Å². The topological polar surface area (TPSA) is 67.4 Å². The number of carbonyl (C=O) groups excluding carboxylic acids is 2. The average Bonchev–Trinajstić information content (AvgIpc) is 2.60. The van der Waals surface area contributed by atoms with E-state index in [1.807, 2.05) is 20.8 Å². The van der Waals surface area contributed by atoms with Crippen LogP contribution < -0.4 is 15.4 Å². The van der Waals surface area contributed by atoms with Crippen molar-refractivity contribution in [3.63, 3.8) is 0 Å². The third kappa shape index (κ3) is 5.31. The van der Waals surface area contributed by atoms with E-state index in [0.29, 0.717) is 23.6 Å². The Labute approximate surface area is 152 Å². The molecule has 0 unspecified atom stereocenters. The number of carbonyl (C=O) groups is 2. The van der Waals surface area contributed by atoms with Gasteiger partial charge in [-0.1, -0.05) is 19.9 Å². The summed E-state index contributed by atoms with van der Waals surface area (Å²) in [5, 5.41) is 5.37. The van der Waals surface area contributed by atoms with Gasteiger partial charge in [0.25, 0.3) is 5.91 Å². The molecule has 6 heteroatoms. The minimum Gasteiger partial charge on any atom is -0.494 e.